The Kier molecular flexibility index (Phi) is 6.14. The molecule has 0 bridgehead atoms. The van der Waals surface area contributed by atoms with E-state index in [2.05, 4.69) is 20.3 Å². The van der Waals surface area contributed by atoms with Gasteiger partial charge < -0.3 is 25.3 Å². The second-order valence-electron chi connectivity index (χ2n) is 9.34. The van der Waals surface area contributed by atoms with Crippen molar-refractivity contribution in [2.45, 2.75) is 49.5 Å². The zero-order valence-corrected chi connectivity index (χ0v) is 19.4. The lowest BCUT2D eigenvalue weighted by Crippen LogP contribution is -2.58. The number of nitrogens with one attached hydrogen (secondary N) is 1. The molecule has 2 aromatic carbocycles. The number of anilines is 1. The van der Waals surface area contributed by atoms with Crippen LogP contribution in [0.5, 0.6) is 5.75 Å². The highest BCUT2D eigenvalue weighted by molar-refractivity contribution is 5.97. The van der Waals surface area contributed by atoms with Crippen LogP contribution in [0.25, 0.3) is 11.5 Å². The molecule has 2 aliphatic rings. The second-order valence-corrected chi connectivity index (χ2v) is 9.34. The molecule has 1 fully saturated rings. The third-order valence-electron chi connectivity index (χ3n) is 7.04. The van der Waals surface area contributed by atoms with Gasteiger partial charge in [0.05, 0.1) is 0 Å². The van der Waals surface area contributed by atoms with E-state index in [1.807, 2.05) is 24.3 Å². The molecule has 1 saturated carbocycles. The van der Waals surface area contributed by atoms with Gasteiger partial charge in [-0.1, -0.05) is 24.6 Å². The van der Waals surface area contributed by atoms with Crippen LogP contribution in [-0.2, 0) is 4.79 Å². The summed E-state index contributed by atoms with van der Waals surface area (Å²) in [7, 11) is 0. The maximum atomic E-state index is 13.2. The van der Waals surface area contributed by atoms with E-state index >= 15 is 0 Å². The fourth-order valence-electron chi connectivity index (χ4n) is 5.47. The summed E-state index contributed by atoms with van der Waals surface area (Å²) >= 11 is 0. The van der Waals surface area contributed by atoms with E-state index in [0.717, 1.165) is 42.6 Å². The highest BCUT2D eigenvalue weighted by Gasteiger charge is 2.53. The standard InChI is InChI=1S/C25H23F3N4O5/c26-25(27,28)37-14-10-8-13(9-11-14)21-31-32-22(36-21)19(33)12-24(29,23(34)35)20-15-4-1-2-6-17(15)30-18-7-3-5-16(18)20/h1-2,4,6,8-11,16,18,20,30H,3,5,7,12,29H2,(H,34,35)/t16-,18+,20?,24?/m0/s1. The van der Waals surface area contributed by atoms with Crippen LogP contribution in [0, 0.1) is 5.92 Å². The predicted octanol–water partition coefficient (Wildman–Crippen LogP) is 4.37. The van der Waals surface area contributed by atoms with E-state index in [1.54, 1.807) is 0 Å². The second kappa shape index (κ2) is 9.18. The molecule has 1 aliphatic heterocycles. The number of carboxylic acids is 1. The summed E-state index contributed by atoms with van der Waals surface area (Å²) in [5, 5.41) is 21.3. The lowest BCUT2D eigenvalue weighted by atomic mass is 9.66. The molecule has 194 valence electrons. The molecule has 3 aromatic rings. The number of carboxylic acid groups (broad SMARTS) is 1. The minimum Gasteiger partial charge on any atom is -0.480 e. The van der Waals surface area contributed by atoms with Gasteiger partial charge in [0.2, 0.25) is 11.7 Å². The van der Waals surface area contributed by atoms with E-state index in [4.69, 9.17) is 10.2 Å². The number of hydrogen-bond donors (Lipinski definition) is 3. The Morgan fingerprint density at radius 3 is 2.54 bits per heavy atom. The van der Waals surface area contributed by atoms with Crippen LogP contribution >= 0.6 is 0 Å². The average molecular weight is 516 g/mol. The van der Waals surface area contributed by atoms with Crippen molar-refractivity contribution >= 4 is 17.4 Å². The number of ketones is 1. The number of nitrogens with two attached hydrogens (primary N) is 1. The SMILES string of the molecule is NC(CC(=O)c1nnc(-c2ccc(OC(F)(F)F)cc2)o1)(C(=O)O)C1c2ccccc2N[C@@H]2CCC[C@H]12. The van der Waals surface area contributed by atoms with Crippen LogP contribution < -0.4 is 15.8 Å². The monoisotopic (exact) mass is 516 g/mol. The highest BCUT2D eigenvalue weighted by atomic mass is 19.4. The molecule has 12 heteroatoms. The van der Waals surface area contributed by atoms with Crippen LogP contribution in [0.3, 0.4) is 0 Å². The molecule has 0 saturated heterocycles. The van der Waals surface area contributed by atoms with Gasteiger partial charge in [-0.25, -0.2) is 0 Å². The summed E-state index contributed by atoms with van der Waals surface area (Å²) in [5.74, 6) is -3.75. The molecular weight excluding hydrogens is 493 g/mol. The van der Waals surface area contributed by atoms with Gasteiger partial charge in [-0.05, 0) is 54.7 Å². The first kappa shape index (κ1) is 24.8. The largest absolute Gasteiger partial charge is 0.573 e. The van der Waals surface area contributed by atoms with Crippen molar-refractivity contribution in [3.05, 3.63) is 60.0 Å². The van der Waals surface area contributed by atoms with Crippen molar-refractivity contribution in [2.24, 2.45) is 11.7 Å². The Bertz CT molecular complexity index is 1330. The Hall–Kier alpha value is -3.93. The van der Waals surface area contributed by atoms with Crippen molar-refractivity contribution < 1.29 is 37.0 Å². The van der Waals surface area contributed by atoms with E-state index < -0.39 is 47.6 Å². The van der Waals surface area contributed by atoms with Crippen LogP contribution in [0.4, 0.5) is 18.9 Å². The first-order chi connectivity index (χ1) is 17.5. The molecule has 37 heavy (non-hydrogen) atoms. The highest BCUT2D eigenvalue weighted by Crippen LogP contribution is 2.50. The molecule has 1 aromatic heterocycles. The molecule has 4 N–H and O–H groups in total. The van der Waals surface area contributed by atoms with E-state index in [0.29, 0.717) is 0 Å². The number of benzene rings is 2. The number of nitrogens with zero attached hydrogens (tertiary/aromatic N) is 2. The minimum atomic E-state index is -4.84. The van der Waals surface area contributed by atoms with Crippen LogP contribution in [0.2, 0.25) is 0 Å². The van der Waals surface area contributed by atoms with Crippen molar-refractivity contribution in [3.63, 3.8) is 0 Å². The summed E-state index contributed by atoms with van der Waals surface area (Å²) in [4.78, 5) is 25.8. The molecule has 0 amide bonds. The lowest BCUT2D eigenvalue weighted by molar-refractivity contribution is -0.274. The number of ether oxygens (including phenoxy) is 1. The Morgan fingerprint density at radius 1 is 1.11 bits per heavy atom. The average Bonchev–Trinajstić information content (AvgIpc) is 3.51. The number of carbonyl (C=O) groups excluding carboxylic acids is 1. The molecule has 0 spiro atoms. The van der Waals surface area contributed by atoms with Gasteiger partial charge in [-0.15, -0.1) is 23.4 Å². The van der Waals surface area contributed by atoms with Crippen LogP contribution in [0.15, 0.2) is 52.9 Å². The maximum Gasteiger partial charge on any atom is 0.573 e. The van der Waals surface area contributed by atoms with Crippen molar-refractivity contribution in [2.75, 3.05) is 5.32 Å². The number of carbonyl (C=O) groups is 2. The van der Waals surface area contributed by atoms with Gasteiger partial charge >= 0.3 is 12.3 Å². The van der Waals surface area contributed by atoms with Gasteiger partial charge in [0.25, 0.3) is 5.89 Å². The molecule has 2 heterocycles. The summed E-state index contributed by atoms with van der Waals surface area (Å²) in [6.07, 6.45) is -2.85. The number of hydrogen-bond acceptors (Lipinski definition) is 8. The minimum absolute atomic E-state index is 0.0524. The van der Waals surface area contributed by atoms with Gasteiger partial charge in [-0.3, -0.25) is 9.59 Å². The third kappa shape index (κ3) is 4.76. The number of para-hydroxylation sites is 1. The van der Waals surface area contributed by atoms with Crippen LogP contribution in [-0.4, -0.2) is 45.0 Å². The predicted molar refractivity (Wildman–Crippen MR) is 124 cm³/mol. The molecule has 1 aliphatic carbocycles. The number of Topliss-reactive ketones (excluding diaryl/α,β-unsaturated/α-hetero) is 1. The molecular formula is C25H23F3N4O5. The lowest BCUT2D eigenvalue weighted by Gasteiger charge is -2.44. The fraction of sp³-hybridized carbons (Fsp3) is 0.360. The summed E-state index contributed by atoms with van der Waals surface area (Å²) in [6, 6.07) is 12.1. The molecule has 9 nitrogen and oxygen atoms in total. The van der Waals surface area contributed by atoms with E-state index in [1.165, 1.54) is 12.1 Å². The number of aliphatic carboxylic acids is 1. The zero-order valence-electron chi connectivity index (χ0n) is 19.4. The number of alkyl halides is 3. The number of fused-ring (bicyclic) bond motifs is 2. The van der Waals surface area contributed by atoms with Gasteiger partial charge in [0.1, 0.15) is 11.3 Å². The molecule has 4 atom stereocenters. The van der Waals surface area contributed by atoms with Crippen molar-refractivity contribution in [3.8, 4) is 17.2 Å². The van der Waals surface area contributed by atoms with Gasteiger partial charge in [0.15, 0.2) is 0 Å². The first-order valence-corrected chi connectivity index (χ1v) is 11.7. The zero-order chi connectivity index (χ0) is 26.4. The molecule has 2 unspecified atom stereocenters. The number of aromatic nitrogens is 2. The third-order valence-corrected chi connectivity index (χ3v) is 7.04. The molecule has 0 radical (unpaired) electrons. The van der Waals surface area contributed by atoms with E-state index in [9.17, 15) is 27.9 Å². The topological polar surface area (TPSA) is 141 Å². The van der Waals surface area contributed by atoms with E-state index in [-0.39, 0.29) is 23.4 Å². The smallest absolute Gasteiger partial charge is 0.480 e. The quantitative estimate of drug-likeness (QED) is 0.391. The molecule has 5 rings (SSSR count). The van der Waals surface area contributed by atoms with Crippen LogP contribution in [0.1, 0.15) is 47.8 Å². The normalized spacial score (nSPS) is 22.3. The first-order valence-electron chi connectivity index (χ1n) is 11.7. The van der Waals surface area contributed by atoms with Crippen molar-refractivity contribution in [1.82, 2.24) is 10.2 Å². The van der Waals surface area contributed by atoms with Crippen molar-refractivity contribution in [1.29, 1.82) is 0 Å². The van der Waals surface area contributed by atoms with Gasteiger partial charge in [-0.2, -0.15) is 0 Å². The number of halogens is 3. The Balaban J connectivity index is 1.40. The summed E-state index contributed by atoms with van der Waals surface area (Å²) in [5.41, 5.74) is 6.43. The Labute approximate surface area is 208 Å². The van der Waals surface area contributed by atoms with Gasteiger partial charge in [0, 0.05) is 29.6 Å². The summed E-state index contributed by atoms with van der Waals surface area (Å²) in [6.45, 7) is 0. The fourth-order valence-corrected chi connectivity index (χ4v) is 5.47. The summed E-state index contributed by atoms with van der Waals surface area (Å²) < 4.78 is 46.4. The number of rotatable bonds is 7. The maximum absolute atomic E-state index is 13.2. The Morgan fingerprint density at radius 2 is 1.84 bits per heavy atom.